The molecule has 1 N–H and O–H groups in total. The lowest BCUT2D eigenvalue weighted by molar-refractivity contribution is -0.247. The molecule has 0 aliphatic carbocycles. The van der Waals surface area contributed by atoms with Crippen molar-refractivity contribution in [2.24, 2.45) is 0 Å². The first-order chi connectivity index (χ1) is 11.0. The highest BCUT2D eigenvalue weighted by atomic mass is 32.2. The predicted octanol–water partition coefficient (Wildman–Crippen LogP) is 2.67. The van der Waals surface area contributed by atoms with Gasteiger partial charge in [-0.25, -0.2) is 0 Å². The Balaban J connectivity index is 3.33. The molecule has 0 aromatic heterocycles. The van der Waals surface area contributed by atoms with E-state index in [1.807, 2.05) is 0 Å². The molecule has 0 heterocycles. The van der Waals surface area contributed by atoms with Gasteiger partial charge in [0.25, 0.3) is 0 Å². The lowest BCUT2D eigenvalue weighted by Gasteiger charge is -2.29. The summed E-state index contributed by atoms with van der Waals surface area (Å²) < 4.78 is 135. The summed E-state index contributed by atoms with van der Waals surface area (Å²) in [5.41, 5.74) is 0.583. The van der Waals surface area contributed by atoms with Crippen LogP contribution < -0.4 is 4.18 Å². The molecule has 0 aliphatic rings. The van der Waals surface area contributed by atoms with Crippen molar-refractivity contribution in [1.82, 2.24) is 0 Å². The molecule has 1 rings (SSSR count). The van der Waals surface area contributed by atoms with E-state index in [1.165, 1.54) is 12.1 Å². The fourth-order valence-corrected chi connectivity index (χ4v) is 2.88. The molecule has 25 heavy (non-hydrogen) atoms. The van der Waals surface area contributed by atoms with Gasteiger partial charge in [0, 0.05) is 0 Å². The minimum absolute atomic E-state index is 0.446. The van der Waals surface area contributed by atoms with Gasteiger partial charge in [-0.1, -0.05) is 19.1 Å². The van der Waals surface area contributed by atoms with Crippen molar-refractivity contribution < 1.29 is 51.9 Å². The van der Waals surface area contributed by atoms with Crippen LogP contribution in [0.25, 0.3) is 0 Å². The first-order valence-electron chi connectivity index (χ1n) is 6.14. The number of halogens is 6. The molecule has 0 unspecified atom stereocenters. The summed E-state index contributed by atoms with van der Waals surface area (Å²) >= 11 is 0. The standard InChI is InChI=1S/C11H10F6O6S2/c1-2-7-3-5-8(6-4-7)23-25(21,22)11(16,17)9(12,13)10(14,15)24(18,19)20/h3-6H,2H2,1H3,(H,18,19,20). The van der Waals surface area contributed by atoms with E-state index in [4.69, 9.17) is 4.55 Å². The third kappa shape index (κ3) is 3.55. The van der Waals surface area contributed by atoms with Crippen molar-refractivity contribution in [3.63, 3.8) is 0 Å². The van der Waals surface area contributed by atoms with E-state index >= 15 is 0 Å². The number of aryl methyl sites for hydroxylation is 1. The number of hydrogen-bond acceptors (Lipinski definition) is 5. The number of hydrogen-bond donors (Lipinski definition) is 1. The van der Waals surface area contributed by atoms with Gasteiger partial charge in [0.2, 0.25) is 0 Å². The first-order valence-corrected chi connectivity index (χ1v) is 8.99. The van der Waals surface area contributed by atoms with Crippen LogP contribution >= 0.6 is 0 Å². The number of benzene rings is 1. The second-order valence-electron chi connectivity index (χ2n) is 4.62. The predicted molar refractivity (Wildman–Crippen MR) is 71.8 cm³/mol. The van der Waals surface area contributed by atoms with Crippen LogP contribution in [0.5, 0.6) is 5.75 Å². The van der Waals surface area contributed by atoms with E-state index in [0.717, 1.165) is 12.1 Å². The maximum Gasteiger partial charge on any atom is 0.450 e. The van der Waals surface area contributed by atoms with Crippen molar-refractivity contribution in [3.05, 3.63) is 29.8 Å². The molecule has 0 aliphatic heterocycles. The highest BCUT2D eigenvalue weighted by Crippen LogP contribution is 2.50. The molecule has 144 valence electrons. The van der Waals surface area contributed by atoms with Gasteiger partial charge in [-0.05, 0) is 24.1 Å². The lowest BCUT2D eigenvalue weighted by Crippen LogP contribution is -2.61. The molecule has 1 aromatic rings. The Labute approximate surface area is 138 Å². The third-order valence-corrected chi connectivity index (χ3v) is 5.11. The fraction of sp³-hybridized carbons (Fsp3) is 0.455. The van der Waals surface area contributed by atoms with Crippen LogP contribution in [0.1, 0.15) is 12.5 Å². The Bertz CT molecular complexity index is 832. The van der Waals surface area contributed by atoms with Crippen molar-refractivity contribution >= 4 is 20.2 Å². The Kier molecular flexibility index (Phi) is 5.43. The Morgan fingerprint density at radius 1 is 0.920 bits per heavy atom. The molecule has 1 aromatic carbocycles. The van der Waals surface area contributed by atoms with Crippen LogP contribution in [0.4, 0.5) is 26.3 Å². The van der Waals surface area contributed by atoms with Gasteiger partial charge in [0.1, 0.15) is 5.75 Å². The van der Waals surface area contributed by atoms with Gasteiger partial charge < -0.3 is 4.18 Å². The zero-order chi connectivity index (χ0) is 19.9. The summed E-state index contributed by atoms with van der Waals surface area (Å²) in [6.45, 7) is 1.68. The third-order valence-electron chi connectivity index (χ3n) is 2.91. The summed E-state index contributed by atoms with van der Waals surface area (Å²) in [5.74, 6) is -7.93. The highest BCUT2D eigenvalue weighted by Gasteiger charge is 2.83. The molecule has 0 saturated carbocycles. The molecule has 0 fully saturated rings. The van der Waals surface area contributed by atoms with E-state index in [-0.39, 0.29) is 0 Å². The van der Waals surface area contributed by atoms with Crippen molar-refractivity contribution in [1.29, 1.82) is 0 Å². The van der Waals surface area contributed by atoms with Crippen molar-refractivity contribution in [2.45, 2.75) is 29.8 Å². The van der Waals surface area contributed by atoms with Crippen LogP contribution in [0.3, 0.4) is 0 Å². The molecule has 0 bridgehead atoms. The zero-order valence-electron chi connectivity index (χ0n) is 12.1. The molecule has 6 nitrogen and oxygen atoms in total. The van der Waals surface area contributed by atoms with Crippen LogP contribution in [0, 0.1) is 0 Å². The maximum atomic E-state index is 13.5. The Morgan fingerprint density at radius 3 is 1.72 bits per heavy atom. The van der Waals surface area contributed by atoms with E-state index in [9.17, 15) is 43.2 Å². The number of rotatable bonds is 7. The van der Waals surface area contributed by atoms with E-state index in [1.54, 1.807) is 6.92 Å². The number of alkyl halides is 6. The Morgan fingerprint density at radius 2 is 1.36 bits per heavy atom. The van der Waals surface area contributed by atoms with Crippen molar-refractivity contribution in [3.8, 4) is 5.75 Å². The molecular formula is C11H10F6O6S2. The van der Waals surface area contributed by atoms with Gasteiger partial charge in [0.05, 0.1) is 0 Å². The molecule has 0 saturated heterocycles. The summed E-state index contributed by atoms with van der Waals surface area (Å²) in [6.07, 6.45) is 0.446. The molecule has 0 radical (unpaired) electrons. The average molecular weight is 416 g/mol. The maximum absolute atomic E-state index is 13.5. The molecule has 0 amide bonds. The van der Waals surface area contributed by atoms with Gasteiger partial charge in [-0.15, -0.1) is 0 Å². The second kappa shape index (κ2) is 6.32. The minimum atomic E-state index is -7.07. The van der Waals surface area contributed by atoms with Gasteiger partial charge >= 0.3 is 36.7 Å². The quantitative estimate of drug-likeness (QED) is 0.417. The van der Waals surface area contributed by atoms with E-state index < -0.39 is 42.4 Å². The normalized spacial score (nSPS) is 14.4. The topological polar surface area (TPSA) is 97.7 Å². The van der Waals surface area contributed by atoms with Crippen molar-refractivity contribution in [2.75, 3.05) is 0 Å². The zero-order valence-corrected chi connectivity index (χ0v) is 13.7. The minimum Gasteiger partial charge on any atom is -0.378 e. The molecule has 14 heteroatoms. The summed E-state index contributed by atoms with van der Waals surface area (Å²) in [7, 11) is -13.8. The largest absolute Gasteiger partial charge is 0.450 e. The van der Waals surface area contributed by atoms with E-state index in [2.05, 4.69) is 4.18 Å². The van der Waals surface area contributed by atoms with Crippen LogP contribution in [0.15, 0.2) is 24.3 Å². The first kappa shape index (κ1) is 21.5. The SMILES string of the molecule is CCc1ccc(OS(=O)(=O)C(F)(F)C(F)(F)C(F)(F)S(=O)(=O)O)cc1. The van der Waals surface area contributed by atoms with Gasteiger partial charge in [-0.3, -0.25) is 4.55 Å². The van der Waals surface area contributed by atoms with Crippen LogP contribution in [-0.4, -0.2) is 37.8 Å². The lowest BCUT2D eigenvalue weighted by atomic mass is 10.2. The fourth-order valence-electron chi connectivity index (χ4n) is 1.45. The monoisotopic (exact) mass is 416 g/mol. The molecule has 0 atom stereocenters. The van der Waals surface area contributed by atoms with Crippen LogP contribution in [0.2, 0.25) is 0 Å². The van der Waals surface area contributed by atoms with Gasteiger partial charge in [-0.2, -0.15) is 43.2 Å². The molecular weight excluding hydrogens is 406 g/mol. The summed E-state index contributed by atoms with van der Waals surface area (Å²) in [4.78, 5) is 0. The summed E-state index contributed by atoms with van der Waals surface area (Å²) in [5, 5.41) is -13.5. The van der Waals surface area contributed by atoms with Crippen LogP contribution in [-0.2, 0) is 26.7 Å². The van der Waals surface area contributed by atoms with E-state index in [0.29, 0.717) is 12.0 Å². The smallest absolute Gasteiger partial charge is 0.378 e. The Hall–Kier alpha value is -1.54. The van der Waals surface area contributed by atoms with Gasteiger partial charge in [0.15, 0.2) is 0 Å². The average Bonchev–Trinajstić information content (AvgIpc) is 2.45. The molecule has 0 spiro atoms. The second-order valence-corrected chi connectivity index (χ2v) is 7.67. The summed E-state index contributed by atoms with van der Waals surface area (Å²) in [6, 6.07) is 3.97. The highest BCUT2D eigenvalue weighted by molar-refractivity contribution is 7.88.